The summed E-state index contributed by atoms with van der Waals surface area (Å²) in [5, 5.41) is 11.0. The van der Waals surface area contributed by atoms with Crippen LogP contribution in [-0.2, 0) is 4.74 Å². The SMILES string of the molecule is O=C(NCCOCCO)n1ccnc1. The van der Waals surface area contributed by atoms with E-state index < -0.39 is 0 Å². The Morgan fingerprint density at radius 2 is 2.43 bits per heavy atom. The lowest BCUT2D eigenvalue weighted by Gasteiger charge is -2.05. The summed E-state index contributed by atoms with van der Waals surface area (Å²) in [4.78, 5) is 15.0. The highest BCUT2D eigenvalue weighted by Gasteiger charge is 2.00. The number of ether oxygens (including phenoxy) is 1. The van der Waals surface area contributed by atoms with Crippen molar-refractivity contribution in [3.05, 3.63) is 18.7 Å². The molecule has 78 valence electrons. The van der Waals surface area contributed by atoms with Crippen LogP contribution in [0.3, 0.4) is 0 Å². The first-order valence-corrected chi connectivity index (χ1v) is 4.29. The molecule has 0 spiro atoms. The molecule has 0 bridgehead atoms. The maximum absolute atomic E-state index is 11.2. The molecule has 0 unspecified atom stereocenters. The number of imidazole rings is 1. The van der Waals surface area contributed by atoms with Gasteiger partial charge in [0.05, 0.1) is 19.8 Å². The Kier molecular flexibility index (Phi) is 4.66. The van der Waals surface area contributed by atoms with Gasteiger partial charge in [0.1, 0.15) is 6.33 Å². The predicted molar refractivity (Wildman–Crippen MR) is 48.9 cm³/mol. The van der Waals surface area contributed by atoms with Gasteiger partial charge < -0.3 is 15.2 Å². The third-order valence-electron chi connectivity index (χ3n) is 1.50. The predicted octanol–water partition coefficient (Wildman–Crippen LogP) is -0.550. The number of aliphatic hydroxyl groups is 1. The summed E-state index contributed by atoms with van der Waals surface area (Å²) in [6, 6.07) is -0.241. The molecular weight excluding hydrogens is 186 g/mol. The molecule has 0 radical (unpaired) electrons. The van der Waals surface area contributed by atoms with E-state index in [1.165, 1.54) is 17.1 Å². The fourth-order valence-electron chi connectivity index (χ4n) is 0.867. The van der Waals surface area contributed by atoms with Gasteiger partial charge in [0.25, 0.3) is 0 Å². The zero-order valence-corrected chi connectivity index (χ0v) is 7.72. The highest BCUT2D eigenvalue weighted by Crippen LogP contribution is 1.84. The highest BCUT2D eigenvalue weighted by molar-refractivity contribution is 5.76. The van der Waals surface area contributed by atoms with Gasteiger partial charge in [0.2, 0.25) is 0 Å². The zero-order valence-electron chi connectivity index (χ0n) is 7.72. The third kappa shape index (κ3) is 3.55. The van der Waals surface area contributed by atoms with Crippen LogP contribution in [0, 0.1) is 0 Å². The van der Waals surface area contributed by atoms with E-state index in [-0.39, 0.29) is 12.6 Å². The molecule has 1 aromatic rings. The zero-order chi connectivity index (χ0) is 10.2. The molecule has 1 heterocycles. The molecular formula is C8H13N3O3. The van der Waals surface area contributed by atoms with Crippen LogP contribution in [0.2, 0.25) is 0 Å². The first-order chi connectivity index (χ1) is 6.84. The van der Waals surface area contributed by atoms with Gasteiger partial charge in [-0.05, 0) is 0 Å². The Labute approximate surface area is 81.5 Å². The second kappa shape index (κ2) is 6.11. The number of aromatic nitrogens is 2. The number of rotatable bonds is 5. The summed E-state index contributed by atoms with van der Waals surface area (Å²) in [5.41, 5.74) is 0. The Morgan fingerprint density at radius 1 is 1.57 bits per heavy atom. The van der Waals surface area contributed by atoms with Gasteiger partial charge in [0.15, 0.2) is 0 Å². The molecule has 0 aliphatic heterocycles. The van der Waals surface area contributed by atoms with Crippen LogP contribution in [0.1, 0.15) is 0 Å². The van der Waals surface area contributed by atoms with Crippen molar-refractivity contribution in [3.8, 4) is 0 Å². The summed E-state index contributed by atoms with van der Waals surface area (Å²) < 4.78 is 6.30. The highest BCUT2D eigenvalue weighted by atomic mass is 16.5. The molecule has 0 saturated carbocycles. The van der Waals surface area contributed by atoms with E-state index in [2.05, 4.69) is 10.3 Å². The summed E-state index contributed by atoms with van der Waals surface area (Å²) >= 11 is 0. The average molecular weight is 199 g/mol. The summed E-state index contributed by atoms with van der Waals surface area (Å²) in [5.74, 6) is 0. The van der Waals surface area contributed by atoms with Crippen molar-refractivity contribution in [1.82, 2.24) is 14.9 Å². The molecule has 0 aliphatic rings. The molecule has 1 rings (SSSR count). The minimum Gasteiger partial charge on any atom is -0.394 e. The lowest BCUT2D eigenvalue weighted by Crippen LogP contribution is -2.30. The van der Waals surface area contributed by atoms with E-state index in [9.17, 15) is 4.79 Å². The molecule has 6 nitrogen and oxygen atoms in total. The Balaban J connectivity index is 2.10. The quantitative estimate of drug-likeness (QED) is 0.624. The molecule has 0 atom stereocenters. The minimum absolute atomic E-state index is 0.00450. The van der Waals surface area contributed by atoms with E-state index in [1.807, 2.05) is 0 Å². The van der Waals surface area contributed by atoms with Crippen LogP contribution in [0.25, 0.3) is 0 Å². The van der Waals surface area contributed by atoms with Crippen molar-refractivity contribution >= 4 is 6.03 Å². The lowest BCUT2D eigenvalue weighted by atomic mass is 10.6. The summed E-state index contributed by atoms with van der Waals surface area (Å²) in [6.45, 7) is 1.09. The van der Waals surface area contributed by atoms with E-state index in [1.54, 1.807) is 6.20 Å². The third-order valence-corrected chi connectivity index (χ3v) is 1.50. The molecule has 2 N–H and O–H groups in total. The van der Waals surface area contributed by atoms with Gasteiger partial charge in [-0.3, -0.25) is 4.57 Å². The van der Waals surface area contributed by atoms with Crippen LogP contribution in [0.15, 0.2) is 18.7 Å². The molecule has 6 heteroatoms. The van der Waals surface area contributed by atoms with Crippen LogP contribution in [0.4, 0.5) is 4.79 Å². The number of aliphatic hydroxyl groups excluding tert-OH is 1. The number of hydrogen-bond donors (Lipinski definition) is 2. The van der Waals surface area contributed by atoms with E-state index in [0.29, 0.717) is 19.8 Å². The van der Waals surface area contributed by atoms with Crippen LogP contribution >= 0.6 is 0 Å². The van der Waals surface area contributed by atoms with Crippen LogP contribution in [0.5, 0.6) is 0 Å². The van der Waals surface area contributed by atoms with Gasteiger partial charge in [-0.1, -0.05) is 0 Å². The number of carbonyl (C=O) groups is 1. The smallest absolute Gasteiger partial charge is 0.326 e. The first kappa shape index (κ1) is 10.7. The maximum Gasteiger partial charge on any atom is 0.326 e. The monoisotopic (exact) mass is 199 g/mol. The van der Waals surface area contributed by atoms with Crippen molar-refractivity contribution in [3.63, 3.8) is 0 Å². The largest absolute Gasteiger partial charge is 0.394 e. The second-order valence-corrected chi connectivity index (χ2v) is 2.54. The Morgan fingerprint density at radius 3 is 3.07 bits per heavy atom. The molecule has 1 aromatic heterocycles. The Bertz CT molecular complexity index is 261. The molecule has 14 heavy (non-hydrogen) atoms. The Hall–Kier alpha value is -1.40. The van der Waals surface area contributed by atoms with E-state index in [4.69, 9.17) is 9.84 Å². The minimum atomic E-state index is -0.241. The average Bonchev–Trinajstić information content (AvgIpc) is 2.70. The molecule has 0 fully saturated rings. The fraction of sp³-hybridized carbons (Fsp3) is 0.500. The summed E-state index contributed by atoms with van der Waals surface area (Å²) in [7, 11) is 0. The van der Waals surface area contributed by atoms with Gasteiger partial charge in [-0.15, -0.1) is 0 Å². The second-order valence-electron chi connectivity index (χ2n) is 2.54. The summed E-state index contributed by atoms with van der Waals surface area (Å²) in [6.07, 6.45) is 4.51. The van der Waals surface area contributed by atoms with Crippen molar-refractivity contribution in [1.29, 1.82) is 0 Å². The fourth-order valence-corrected chi connectivity index (χ4v) is 0.867. The molecule has 1 amide bonds. The van der Waals surface area contributed by atoms with Gasteiger partial charge in [-0.25, -0.2) is 9.78 Å². The molecule has 0 saturated heterocycles. The van der Waals surface area contributed by atoms with Crippen LogP contribution in [-0.4, -0.2) is 47.1 Å². The van der Waals surface area contributed by atoms with Crippen molar-refractivity contribution in [2.45, 2.75) is 0 Å². The number of nitrogens with one attached hydrogen (secondary N) is 1. The van der Waals surface area contributed by atoms with Crippen LogP contribution < -0.4 is 5.32 Å². The van der Waals surface area contributed by atoms with E-state index >= 15 is 0 Å². The lowest BCUT2D eigenvalue weighted by molar-refractivity contribution is 0.0947. The first-order valence-electron chi connectivity index (χ1n) is 4.29. The van der Waals surface area contributed by atoms with Gasteiger partial charge >= 0.3 is 6.03 Å². The van der Waals surface area contributed by atoms with E-state index in [0.717, 1.165) is 0 Å². The number of carbonyl (C=O) groups excluding carboxylic acids is 1. The number of hydrogen-bond acceptors (Lipinski definition) is 4. The number of amides is 1. The van der Waals surface area contributed by atoms with Crippen molar-refractivity contribution in [2.24, 2.45) is 0 Å². The molecule has 0 aromatic carbocycles. The topological polar surface area (TPSA) is 76.4 Å². The van der Waals surface area contributed by atoms with Gasteiger partial charge in [0, 0.05) is 18.9 Å². The maximum atomic E-state index is 11.2. The standard InChI is InChI=1S/C8H13N3O3/c12-4-6-14-5-2-10-8(13)11-3-1-9-7-11/h1,3,7,12H,2,4-6H2,(H,10,13). The van der Waals surface area contributed by atoms with Crippen molar-refractivity contribution in [2.75, 3.05) is 26.4 Å². The number of nitrogens with zero attached hydrogens (tertiary/aromatic N) is 2. The van der Waals surface area contributed by atoms with Crippen molar-refractivity contribution < 1.29 is 14.6 Å². The van der Waals surface area contributed by atoms with Gasteiger partial charge in [-0.2, -0.15) is 0 Å². The molecule has 0 aliphatic carbocycles. The normalized spacial score (nSPS) is 10.1.